The zero-order valence-corrected chi connectivity index (χ0v) is 12.3. The number of aromatic nitrogens is 1. The van der Waals surface area contributed by atoms with E-state index in [2.05, 4.69) is 15.8 Å². The SMILES string of the molecule is COCCCn1cc(C)c2c1CC(C(C)=O)N=C2Cl. The monoisotopic (exact) mass is 282 g/mol. The lowest BCUT2D eigenvalue weighted by molar-refractivity contribution is -0.118. The molecule has 0 saturated carbocycles. The van der Waals surface area contributed by atoms with Gasteiger partial charge in [0.25, 0.3) is 0 Å². The van der Waals surface area contributed by atoms with Crippen LogP contribution in [0.5, 0.6) is 0 Å². The van der Waals surface area contributed by atoms with E-state index in [1.165, 1.54) is 0 Å². The third-order valence-electron chi connectivity index (χ3n) is 3.46. The van der Waals surface area contributed by atoms with Crippen molar-refractivity contribution in [3.05, 3.63) is 23.0 Å². The Kier molecular flexibility index (Phi) is 4.42. The van der Waals surface area contributed by atoms with Gasteiger partial charge in [-0.15, -0.1) is 0 Å². The van der Waals surface area contributed by atoms with E-state index in [0.717, 1.165) is 36.4 Å². The number of hydrogen-bond donors (Lipinski definition) is 0. The zero-order valence-electron chi connectivity index (χ0n) is 11.6. The number of ether oxygens (including phenoxy) is 1. The third-order valence-corrected chi connectivity index (χ3v) is 3.74. The molecule has 0 saturated heterocycles. The Morgan fingerprint density at radius 1 is 1.63 bits per heavy atom. The molecular weight excluding hydrogens is 264 g/mol. The molecule has 19 heavy (non-hydrogen) atoms. The van der Waals surface area contributed by atoms with Crippen LogP contribution in [0.2, 0.25) is 0 Å². The molecule has 1 aromatic rings. The Balaban J connectivity index is 2.29. The Hall–Kier alpha value is -1.13. The van der Waals surface area contributed by atoms with E-state index in [1.807, 2.05) is 6.92 Å². The molecule has 0 aromatic carbocycles. The lowest BCUT2D eigenvalue weighted by Crippen LogP contribution is -2.26. The maximum atomic E-state index is 11.5. The van der Waals surface area contributed by atoms with Gasteiger partial charge in [0.05, 0.1) is 0 Å². The molecular formula is C14H19ClN2O2. The van der Waals surface area contributed by atoms with Crippen molar-refractivity contribution in [2.45, 2.75) is 39.3 Å². The largest absolute Gasteiger partial charge is 0.385 e. The van der Waals surface area contributed by atoms with Crippen LogP contribution in [-0.4, -0.2) is 35.3 Å². The fourth-order valence-electron chi connectivity index (χ4n) is 2.49. The Bertz CT molecular complexity index is 520. The van der Waals surface area contributed by atoms with Gasteiger partial charge in [0.2, 0.25) is 0 Å². The normalized spacial score (nSPS) is 18.1. The number of aliphatic imine (C=N–C) groups is 1. The Labute approximate surface area is 118 Å². The molecule has 0 fully saturated rings. The first-order valence-corrected chi connectivity index (χ1v) is 6.84. The van der Waals surface area contributed by atoms with Crippen LogP contribution in [0.25, 0.3) is 0 Å². The molecule has 0 radical (unpaired) electrons. The summed E-state index contributed by atoms with van der Waals surface area (Å²) < 4.78 is 7.25. The summed E-state index contributed by atoms with van der Waals surface area (Å²) in [6.45, 7) is 5.19. The van der Waals surface area contributed by atoms with Crippen molar-refractivity contribution < 1.29 is 9.53 Å². The molecule has 0 bridgehead atoms. The summed E-state index contributed by atoms with van der Waals surface area (Å²) in [7, 11) is 1.70. The quantitative estimate of drug-likeness (QED) is 0.778. The number of nitrogens with zero attached hydrogens (tertiary/aromatic N) is 2. The van der Waals surface area contributed by atoms with Crippen molar-refractivity contribution in [3.8, 4) is 0 Å². The van der Waals surface area contributed by atoms with Crippen LogP contribution in [0.4, 0.5) is 0 Å². The van der Waals surface area contributed by atoms with Gasteiger partial charge in [-0.05, 0) is 25.8 Å². The number of hydrogen-bond acceptors (Lipinski definition) is 3. The predicted octanol–water partition coefficient (Wildman–Crippen LogP) is 2.33. The van der Waals surface area contributed by atoms with Gasteiger partial charge >= 0.3 is 0 Å². The van der Waals surface area contributed by atoms with Gasteiger partial charge in [0.15, 0.2) is 5.78 Å². The summed E-state index contributed by atoms with van der Waals surface area (Å²) in [5, 5.41) is 0.462. The third kappa shape index (κ3) is 2.90. The molecule has 0 N–H and O–H groups in total. The summed E-state index contributed by atoms with van der Waals surface area (Å²) in [4.78, 5) is 15.8. The van der Waals surface area contributed by atoms with Crippen LogP contribution in [0.15, 0.2) is 11.2 Å². The van der Waals surface area contributed by atoms with E-state index in [0.29, 0.717) is 11.6 Å². The van der Waals surface area contributed by atoms with E-state index in [1.54, 1.807) is 14.0 Å². The maximum absolute atomic E-state index is 11.5. The predicted molar refractivity (Wildman–Crippen MR) is 76.2 cm³/mol. The van der Waals surface area contributed by atoms with Gasteiger partial charge in [-0.2, -0.15) is 0 Å². The fraction of sp³-hybridized carbons (Fsp3) is 0.571. The number of ketones is 1. The van der Waals surface area contributed by atoms with Crippen molar-refractivity contribution in [2.24, 2.45) is 4.99 Å². The second-order valence-corrected chi connectivity index (χ2v) is 5.28. The highest BCUT2D eigenvalue weighted by Crippen LogP contribution is 2.27. The van der Waals surface area contributed by atoms with Crippen molar-refractivity contribution >= 4 is 22.6 Å². The molecule has 4 nitrogen and oxygen atoms in total. The summed E-state index contributed by atoms with van der Waals surface area (Å²) >= 11 is 6.23. The number of fused-ring (bicyclic) bond motifs is 1. The highest BCUT2D eigenvalue weighted by Gasteiger charge is 2.27. The number of carbonyl (C=O) groups excluding carboxylic acids is 1. The molecule has 0 aliphatic carbocycles. The lowest BCUT2D eigenvalue weighted by atomic mass is 10.0. The van der Waals surface area contributed by atoms with Crippen molar-refractivity contribution in [1.29, 1.82) is 0 Å². The standard InChI is InChI=1S/C14H19ClN2O2/c1-9-8-17(5-4-6-19-3)12-7-11(10(2)18)16-14(15)13(9)12/h8,11H,4-7H2,1-3H3. The van der Waals surface area contributed by atoms with Crippen LogP contribution in [0.3, 0.4) is 0 Å². The lowest BCUT2D eigenvalue weighted by Gasteiger charge is -2.19. The molecule has 1 aliphatic heterocycles. The van der Waals surface area contributed by atoms with E-state index in [9.17, 15) is 4.79 Å². The minimum atomic E-state index is -0.338. The second kappa shape index (κ2) is 5.88. The summed E-state index contributed by atoms with van der Waals surface area (Å²) in [6, 6.07) is -0.338. The zero-order chi connectivity index (χ0) is 14.0. The van der Waals surface area contributed by atoms with Crippen LogP contribution < -0.4 is 0 Å². The molecule has 0 amide bonds. The van der Waals surface area contributed by atoms with Gasteiger partial charge in [-0.1, -0.05) is 11.6 Å². The summed E-state index contributed by atoms with van der Waals surface area (Å²) in [6.07, 6.45) is 3.67. The summed E-state index contributed by atoms with van der Waals surface area (Å²) in [5.74, 6) is 0.0612. The number of halogens is 1. The number of rotatable bonds is 5. The first kappa shape index (κ1) is 14.3. The van der Waals surface area contributed by atoms with E-state index >= 15 is 0 Å². The number of Topliss-reactive ketones (excluding diaryl/α,β-unsaturated/α-hetero) is 1. The Morgan fingerprint density at radius 2 is 2.37 bits per heavy atom. The van der Waals surface area contributed by atoms with E-state index in [-0.39, 0.29) is 11.8 Å². The van der Waals surface area contributed by atoms with Crippen molar-refractivity contribution in [2.75, 3.05) is 13.7 Å². The molecule has 2 heterocycles. The molecule has 1 aromatic heterocycles. The molecule has 0 spiro atoms. The average Bonchev–Trinajstić information content (AvgIpc) is 2.67. The number of methoxy groups -OCH3 is 1. The van der Waals surface area contributed by atoms with Crippen LogP contribution in [-0.2, 0) is 22.5 Å². The van der Waals surface area contributed by atoms with Gasteiger partial charge in [-0.25, -0.2) is 0 Å². The van der Waals surface area contributed by atoms with Crippen LogP contribution >= 0.6 is 11.6 Å². The Morgan fingerprint density at radius 3 is 3.00 bits per heavy atom. The molecule has 5 heteroatoms. The van der Waals surface area contributed by atoms with Gasteiger partial charge in [0, 0.05) is 44.1 Å². The van der Waals surface area contributed by atoms with Gasteiger partial charge in [0.1, 0.15) is 11.2 Å². The van der Waals surface area contributed by atoms with Crippen LogP contribution in [0, 0.1) is 6.92 Å². The van der Waals surface area contributed by atoms with Gasteiger partial charge in [-0.3, -0.25) is 9.79 Å². The molecule has 2 rings (SSSR count). The summed E-state index contributed by atoms with van der Waals surface area (Å²) in [5.41, 5.74) is 3.23. The first-order valence-electron chi connectivity index (χ1n) is 6.46. The maximum Gasteiger partial charge on any atom is 0.154 e. The van der Waals surface area contributed by atoms with E-state index in [4.69, 9.17) is 16.3 Å². The fourth-order valence-corrected chi connectivity index (χ4v) is 2.87. The minimum absolute atomic E-state index is 0.0612. The molecule has 104 valence electrons. The van der Waals surface area contributed by atoms with Crippen molar-refractivity contribution in [3.63, 3.8) is 0 Å². The van der Waals surface area contributed by atoms with Crippen LogP contribution in [0.1, 0.15) is 30.2 Å². The number of aryl methyl sites for hydroxylation is 2. The average molecular weight is 283 g/mol. The second-order valence-electron chi connectivity index (χ2n) is 4.92. The topological polar surface area (TPSA) is 43.6 Å². The first-order chi connectivity index (χ1) is 9.04. The minimum Gasteiger partial charge on any atom is -0.385 e. The van der Waals surface area contributed by atoms with Gasteiger partial charge < -0.3 is 9.30 Å². The van der Waals surface area contributed by atoms with Crippen molar-refractivity contribution in [1.82, 2.24) is 4.57 Å². The molecule has 1 atom stereocenters. The molecule has 1 unspecified atom stereocenters. The highest BCUT2D eigenvalue weighted by atomic mass is 35.5. The smallest absolute Gasteiger partial charge is 0.154 e. The molecule has 1 aliphatic rings. The number of carbonyl (C=O) groups is 1. The van der Waals surface area contributed by atoms with E-state index < -0.39 is 0 Å². The highest BCUT2D eigenvalue weighted by molar-refractivity contribution is 6.70.